The summed E-state index contributed by atoms with van der Waals surface area (Å²) in [5, 5.41) is 7.31. The number of benzene rings is 1. The van der Waals surface area contributed by atoms with Crippen molar-refractivity contribution in [2.75, 3.05) is 25.5 Å². The molecule has 0 radical (unpaired) electrons. The standard InChI is InChI=1S/C16H22N4O/c1-12-10-13(2)20(18-12)9-8-17-16(21)14-6-5-7-15(11-14)19(3)4/h5-7,10-11H,8-9H2,1-4H3,(H,17,21). The number of aryl methyl sites for hydroxylation is 2. The van der Waals surface area contributed by atoms with E-state index in [4.69, 9.17) is 0 Å². The highest BCUT2D eigenvalue weighted by Gasteiger charge is 2.07. The molecule has 5 heteroatoms. The molecule has 0 aliphatic carbocycles. The maximum atomic E-state index is 12.1. The van der Waals surface area contributed by atoms with Crippen molar-refractivity contribution in [2.45, 2.75) is 20.4 Å². The van der Waals surface area contributed by atoms with Crippen LogP contribution < -0.4 is 10.2 Å². The number of carbonyl (C=O) groups excluding carboxylic acids is 1. The van der Waals surface area contributed by atoms with Crippen molar-refractivity contribution < 1.29 is 4.79 Å². The first-order valence-electron chi connectivity index (χ1n) is 7.04. The van der Waals surface area contributed by atoms with Gasteiger partial charge in [-0.05, 0) is 38.1 Å². The van der Waals surface area contributed by atoms with E-state index >= 15 is 0 Å². The zero-order chi connectivity index (χ0) is 15.4. The van der Waals surface area contributed by atoms with Crippen LogP contribution in [0.4, 0.5) is 5.69 Å². The average Bonchev–Trinajstić information content (AvgIpc) is 2.77. The van der Waals surface area contributed by atoms with Crippen molar-refractivity contribution >= 4 is 11.6 Å². The lowest BCUT2D eigenvalue weighted by atomic mass is 10.2. The van der Waals surface area contributed by atoms with Crippen LogP contribution in [0.15, 0.2) is 30.3 Å². The SMILES string of the molecule is Cc1cc(C)n(CCNC(=O)c2cccc(N(C)C)c2)n1. The summed E-state index contributed by atoms with van der Waals surface area (Å²) in [6.45, 7) is 5.23. The summed E-state index contributed by atoms with van der Waals surface area (Å²) in [6, 6.07) is 9.62. The van der Waals surface area contributed by atoms with Gasteiger partial charge in [0.05, 0.1) is 12.2 Å². The third kappa shape index (κ3) is 3.84. The van der Waals surface area contributed by atoms with Crippen LogP contribution in [0.3, 0.4) is 0 Å². The minimum absolute atomic E-state index is 0.0553. The van der Waals surface area contributed by atoms with Crippen molar-refractivity contribution in [3.8, 4) is 0 Å². The molecular formula is C16H22N4O. The Hall–Kier alpha value is -2.30. The predicted octanol–water partition coefficient (Wildman–Crippen LogP) is 2.00. The molecule has 0 spiro atoms. The Morgan fingerprint density at radius 1 is 1.29 bits per heavy atom. The first-order chi connectivity index (χ1) is 9.97. The van der Waals surface area contributed by atoms with Gasteiger partial charge in [0.1, 0.15) is 0 Å². The molecule has 1 aromatic heterocycles. The highest BCUT2D eigenvalue weighted by molar-refractivity contribution is 5.95. The zero-order valence-corrected chi connectivity index (χ0v) is 13.1. The predicted molar refractivity (Wildman–Crippen MR) is 84.8 cm³/mol. The summed E-state index contributed by atoms with van der Waals surface area (Å²) < 4.78 is 1.91. The monoisotopic (exact) mass is 286 g/mol. The lowest BCUT2D eigenvalue weighted by Crippen LogP contribution is -2.28. The Labute approximate surface area is 125 Å². The molecule has 0 aliphatic rings. The second kappa shape index (κ2) is 6.43. The van der Waals surface area contributed by atoms with Crippen LogP contribution >= 0.6 is 0 Å². The summed E-state index contributed by atoms with van der Waals surface area (Å²) >= 11 is 0. The van der Waals surface area contributed by atoms with Crippen molar-refractivity contribution in [3.05, 3.63) is 47.3 Å². The molecule has 0 aliphatic heterocycles. The van der Waals surface area contributed by atoms with E-state index in [1.165, 1.54) is 0 Å². The summed E-state index contributed by atoms with van der Waals surface area (Å²) in [5.74, 6) is -0.0553. The minimum Gasteiger partial charge on any atom is -0.378 e. The van der Waals surface area contributed by atoms with Crippen LogP contribution in [-0.2, 0) is 6.54 Å². The van der Waals surface area contributed by atoms with Gasteiger partial charge in [-0.25, -0.2) is 0 Å². The van der Waals surface area contributed by atoms with Crippen molar-refractivity contribution in [1.82, 2.24) is 15.1 Å². The van der Waals surface area contributed by atoms with Crippen LogP contribution in [0.25, 0.3) is 0 Å². The topological polar surface area (TPSA) is 50.2 Å². The maximum absolute atomic E-state index is 12.1. The Bertz CT molecular complexity index is 631. The Morgan fingerprint density at radius 3 is 2.67 bits per heavy atom. The van der Waals surface area contributed by atoms with Crippen molar-refractivity contribution in [3.63, 3.8) is 0 Å². The quantitative estimate of drug-likeness (QED) is 0.914. The Balaban J connectivity index is 1.93. The molecule has 0 saturated heterocycles. The number of hydrogen-bond acceptors (Lipinski definition) is 3. The van der Waals surface area contributed by atoms with Gasteiger partial charge in [0, 0.05) is 37.6 Å². The number of amides is 1. The lowest BCUT2D eigenvalue weighted by Gasteiger charge is -2.13. The van der Waals surface area contributed by atoms with E-state index in [2.05, 4.69) is 10.4 Å². The van der Waals surface area contributed by atoms with Gasteiger partial charge in [-0.2, -0.15) is 5.10 Å². The second-order valence-corrected chi connectivity index (χ2v) is 5.35. The van der Waals surface area contributed by atoms with Gasteiger partial charge in [-0.1, -0.05) is 6.07 Å². The fraction of sp³-hybridized carbons (Fsp3) is 0.375. The first kappa shape index (κ1) is 15.1. The van der Waals surface area contributed by atoms with Gasteiger partial charge in [-0.15, -0.1) is 0 Å². The molecule has 0 bridgehead atoms. The van der Waals surface area contributed by atoms with Gasteiger partial charge in [0.2, 0.25) is 0 Å². The molecule has 1 amide bonds. The molecule has 0 saturated carbocycles. The van der Waals surface area contributed by atoms with Gasteiger partial charge in [-0.3, -0.25) is 9.48 Å². The number of hydrogen-bond donors (Lipinski definition) is 1. The highest BCUT2D eigenvalue weighted by atomic mass is 16.1. The normalized spacial score (nSPS) is 10.5. The number of anilines is 1. The van der Waals surface area contributed by atoms with Gasteiger partial charge >= 0.3 is 0 Å². The van der Waals surface area contributed by atoms with E-state index in [0.29, 0.717) is 18.7 Å². The van der Waals surface area contributed by atoms with Crippen molar-refractivity contribution in [2.24, 2.45) is 0 Å². The summed E-state index contributed by atoms with van der Waals surface area (Å²) in [6.07, 6.45) is 0. The van der Waals surface area contributed by atoms with Gasteiger partial charge in [0.25, 0.3) is 5.91 Å². The van der Waals surface area contributed by atoms with Crippen LogP contribution in [0.5, 0.6) is 0 Å². The number of nitrogens with one attached hydrogen (secondary N) is 1. The lowest BCUT2D eigenvalue weighted by molar-refractivity contribution is 0.0952. The molecule has 2 rings (SSSR count). The fourth-order valence-electron chi connectivity index (χ4n) is 2.20. The molecule has 1 heterocycles. The first-order valence-corrected chi connectivity index (χ1v) is 7.04. The van der Waals surface area contributed by atoms with E-state index in [1.54, 1.807) is 0 Å². The number of nitrogens with zero attached hydrogens (tertiary/aromatic N) is 3. The molecule has 21 heavy (non-hydrogen) atoms. The molecular weight excluding hydrogens is 264 g/mol. The summed E-state index contributed by atoms with van der Waals surface area (Å²) in [5.41, 5.74) is 3.80. The largest absolute Gasteiger partial charge is 0.378 e. The minimum atomic E-state index is -0.0553. The third-order valence-corrected chi connectivity index (χ3v) is 3.34. The van der Waals surface area contributed by atoms with Crippen LogP contribution in [-0.4, -0.2) is 36.3 Å². The number of rotatable bonds is 5. The van der Waals surface area contributed by atoms with Crippen LogP contribution in [0.1, 0.15) is 21.7 Å². The van der Waals surface area contributed by atoms with E-state index in [1.807, 2.05) is 67.9 Å². The third-order valence-electron chi connectivity index (χ3n) is 3.34. The smallest absolute Gasteiger partial charge is 0.251 e. The van der Waals surface area contributed by atoms with Crippen molar-refractivity contribution in [1.29, 1.82) is 0 Å². The van der Waals surface area contributed by atoms with E-state index < -0.39 is 0 Å². The average molecular weight is 286 g/mol. The summed E-state index contributed by atoms with van der Waals surface area (Å²) in [4.78, 5) is 14.1. The molecule has 0 unspecified atom stereocenters. The van der Waals surface area contributed by atoms with Crippen LogP contribution in [0.2, 0.25) is 0 Å². The Morgan fingerprint density at radius 2 is 2.05 bits per heavy atom. The molecule has 0 atom stereocenters. The summed E-state index contributed by atoms with van der Waals surface area (Å²) in [7, 11) is 3.92. The van der Waals surface area contributed by atoms with E-state index in [9.17, 15) is 4.79 Å². The molecule has 1 aromatic carbocycles. The highest BCUT2D eigenvalue weighted by Crippen LogP contribution is 2.13. The molecule has 112 valence electrons. The molecule has 1 N–H and O–H groups in total. The second-order valence-electron chi connectivity index (χ2n) is 5.35. The zero-order valence-electron chi connectivity index (χ0n) is 13.1. The van der Waals surface area contributed by atoms with Crippen LogP contribution in [0, 0.1) is 13.8 Å². The molecule has 0 fully saturated rings. The van der Waals surface area contributed by atoms with Gasteiger partial charge in [0.15, 0.2) is 0 Å². The fourth-order valence-corrected chi connectivity index (χ4v) is 2.20. The maximum Gasteiger partial charge on any atom is 0.251 e. The molecule has 5 nitrogen and oxygen atoms in total. The van der Waals surface area contributed by atoms with E-state index in [0.717, 1.165) is 17.1 Å². The Kier molecular flexibility index (Phi) is 4.62. The number of carbonyl (C=O) groups is 1. The van der Waals surface area contributed by atoms with Gasteiger partial charge < -0.3 is 10.2 Å². The van der Waals surface area contributed by atoms with E-state index in [-0.39, 0.29) is 5.91 Å². The number of aromatic nitrogens is 2. The molecule has 2 aromatic rings.